The molecule has 1 aromatic heterocycles. The molecule has 4 rings (SSSR count). The van der Waals surface area contributed by atoms with Gasteiger partial charge in [-0.2, -0.15) is 0 Å². The molecular formula is C19H21FN4O. The zero-order chi connectivity index (χ0) is 17.2. The first-order valence-corrected chi connectivity index (χ1v) is 8.85. The molecule has 2 aliphatic heterocycles. The Morgan fingerprint density at radius 2 is 1.76 bits per heavy atom. The highest BCUT2D eigenvalue weighted by Gasteiger charge is 2.30. The lowest BCUT2D eigenvalue weighted by molar-refractivity contribution is 0.0766. The quantitative estimate of drug-likeness (QED) is 0.861. The van der Waals surface area contributed by atoms with Gasteiger partial charge in [0.2, 0.25) is 5.95 Å². The maximum atomic E-state index is 13.0. The van der Waals surface area contributed by atoms with Gasteiger partial charge < -0.3 is 9.80 Å². The smallest absolute Gasteiger partial charge is 0.258 e. The average molecular weight is 340 g/mol. The Morgan fingerprint density at radius 1 is 1.04 bits per heavy atom. The van der Waals surface area contributed by atoms with Gasteiger partial charge >= 0.3 is 0 Å². The predicted molar refractivity (Wildman–Crippen MR) is 92.7 cm³/mol. The van der Waals surface area contributed by atoms with Crippen molar-refractivity contribution in [1.82, 2.24) is 14.9 Å². The SMILES string of the molecule is O=C1c2cnc(N3CCCCCC3)nc2CN1Cc1ccc(F)cc1. The number of nitrogens with zero attached hydrogens (tertiary/aromatic N) is 4. The zero-order valence-corrected chi connectivity index (χ0v) is 14.1. The molecule has 25 heavy (non-hydrogen) atoms. The summed E-state index contributed by atoms with van der Waals surface area (Å²) in [5.74, 6) is 0.409. The second kappa shape index (κ2) is 6.78. The maximum absolute atomic E-state index is 13.0. The van der Waals surface area contributed by atoms with Gasteiger partial charge in [0, 0.05) is 25.8 Å². The summed E-state index contributed by atoms with van der Waals surface area (Å²) in [6, 6.07) is 6.25. The highest BCUT2D eigenvalue weighted by Crippen LogP contribution is 2.25. The van der Waals surface area contributed by atoms with Crippen LogP contribution in [0, 0.1) is 5.82 Å². The number of rotatable bonds is 3. The number of aromatic nitrogens is 2. The van der Waals surface area contributed by atoms with Gasteiger partial charge in [0.05, 0.1) is 17.8 Å². The molecule has 0 saturated carbocycles. The zero-order valence-electron chi connectivity index (χ0n) is 14.1. The van der Waals surface area contributed by atoms with Crippen LogP contribution in [0.25, 0.3) is 0 Å². The van der Waals surface area contributed by atoms with E-state index in [-0.39, 0.29) is 11.7 Å². The van der Waals surface area contributed by atoms with Gasteiger partial charge in [-0.05, 0) is 30.5 Å². The summed E-state index contributed by atoms with van der Waals surface area (Å²) >= 11 is 0. The summed E-state index contributed by atoms with van der Waals surface area (Å²) in [5, 5.41) is 0. The Kier molecular flexibility index (Phi) is 4.34. The number of fused-ring (bicyclic) bond motifs is 1. The number of benzene rings is 1. The van der Waals surface area contributed by atoms with Gasteiger partial charge in [0.1, 0.15) is 5.82 Å². The Balaban J connectivity index is 1.51. The van der Waals surface area contributed by atoms with Crippen molar-refractivity contribution >= 4 is 11.9 Å². The Morgan fingerprint density at radius 3 is 2.48 bits per heavy atom. The van der Waals surface area contributed by atoms with Crippen LogP contribution in [-0.4, -0.2) is 33.9 Å². The Bertz CT molecular complexity index is 769. The van der Waals surface area contributed by atoms with Crippen molar-refractivity contribution in [2.24, 2.45) is 0 Å². The van der Waals surface area contributed by atoms with Crippen LogP contribution in [0.2, 0.25) is 0 Å². The molecule has 1 fully saturated rings. The molecule has 0 aliphatic carbocycles. The minimum Gasteiger partial charge on any atom is -0.341 e. The normalized spacial score (nSPS) is 17.6. The Labute approximate surface area is 146 Å². The van der Waals surface area contributed by atoms with E-state index < -0.39 is 0 Å². The van der Waals surface area contributed by atoms with Crippen LogP contribution < -0.4 is 4.90 Å². The number of amides is 1. The first kappa shape index (κ1) is 16.0. The van der Waals surface area contributed by atoms with Gasteiger partial charge in [-0.3, -0.25) is 4.79 Å². The number of halogens is 1. The van der Waals surface area contributed by atoms with Gasteiger partial charge in [-0.25, -0.2) is 14.4 Å². The largest absolute Gasteiger partial charge is 0.341 e. The molecule has 130 valence electrons. The molecule has 0 bridgehead atoms. The highest BCUT2D eigenvalue weighted by atomic mass is 19.1. The molecule has 2 aromatic rings. The summed E-state index contributed by atoms with van der Waals surface area (Å²) in [5.41, 5.74) is 2.28. The minimum absolute atomic E-state index is 0.0539. The summed E-state index contributed by atoms with van der Waals surface area (Å²) in [4.78, 5) is 25.6. The fraction of sp³-hybridized carbons (Fsp3) is 0.421. The van der Waals surface area contributed by atoms with Crippen LogP contribution in [0.5, 0.6) is 0 Å². The lowest BCUT2D eigenvalue weighted by Gasteiger charge is -2.20. The molecule has 1 amide bonds. The van der Waals surface area contributed by atoms with E-state index in [1.165, 1.54) is 25.0 Å². The molecule has 5 nitrogen and oxygen atoms in total. The van der Waals surface area contributed by atoms with Crippen molar-refractivity contribution in [2.45, 2.75) is 38.8 Å². The van der Waals surface area contributed by atoms with E-state index in [2.05, 4.69) is 14.9 Å². The first-order valence-electron chi connectivity index (χ1n) is 8.85. The number of hydrogen-bond acceptors (Lipinski definition) is 4. The summed E-state index contributed by atoms with van der Waals surface area (Å²) < 4.78 is 13.0. The van der Waals surface area contributed by atoms with Crippen LogP contribution in [-0.2, 0) is 13.1 Å². The number of carbonyl (C=O) groups is 1. The molecule has 2 aliphatic rings. The fourth-order valence-corrected chi connectivity index (χ4v) is 3.49. The van der Waals surface area contributed by atoms with E-state index in [1.54, 1.807) is 23.2 Å². The van der Waals surface area contributed by atoms with Crippen molar-refractivity contribution in [1.29, 1.82) is 0 Å². The number of hydrogen-bond donors (Lipinski definition) is 0. The van der Waals surface area contributed by atoms with E-state index in [0.717, 1.165) is 43.1 Å². The molecule has 1 aromatic carbocycles. The summed E-state index contributed by atoms with van der Waals surface area (Å²) in [6.07, 6.45) is 6.50. The van der Waals surface area contributed by atoms with Crippen molar-refractivity contribution in [3.8, 4) is 0 Å². The van der Waals surface area contributed by atoms with Gasteiger partial charge in [-0.1, -0.05) is 25.0 Å². The van der Waals surface area contributed by atoms with Gasteiger partial charge in [-0.15, -0.1) is 0 Å². The third-order valence-electron chi connectivity index (χ3n) is 4.89. The summed E-state index contributed by atoms with van der Waals surface area (Å²) in [7, 11) is 0. The Hall–Kier alpha value is -2.50. The van der Waals surface area contributed by atoms with Gasteiger partial charge in [0.15, 0.2) is 0 Å². The predicted octanol–water partition coefficient (Wildman–Crippen LogP) is 3.15. The molecule has 3 heterocycles. The number of carbonyl (C=O) groups excluding carboxylic acids is 1. The van der Waals surface area contributed by atoms with Crippen LogP contribution in [0.3, 0.4) is 0 Å². The van der Waals surface area contributed by atoms with E-state index in [0.29, 0.717) is 18.7 Å². The van der Waals surface area contributed by atoms with E-state index in [4.69, 9.17) is 0 Å². The van der Waals surface area contributed by atoms with E-state index >= 15 is 0 Å². The number of anilines is 1. The van der Waals surface area contributed by atoms with Crippen molar-refractivity contribution in [3.05, 3.63) is 53.1 Å². The van der Waals surface area contributed by atoms with Crippen molar-refractivity contribution in [2.75, 3.05) is 18.0 Å². The third kappa shape index (κ3) is 3.34. The molecule has 0 radical (unpaired) electrons. The molecule has 0 unspecified atom stereocenters. The summed E-state index contributed by atoms with van der Waals surface area (Å²) in [6.45, 7) is 2.89. The second-order valence-electron chi connectivity index (χ2n) is 6.72. The maximum Gasteiger partial charge on any atom is 0.258 e. The topological polar surface area (TPSA) is 49.3 Å². The van der Waals surface area contributed by atoms with E-state index in [1.807, 2.05) is 0 Å². The van der Waals surface area contributed by atoms with Crippen LogP contribution in [0.1, 0.15) is 47.3 Å². The fourth-order valence-electron chi connectivity index (χ4n) is 3.49. The first-order chi connectivity index (χ1) is 12.2. The lowest BCUT2D eigenvalue weighted by Crippen LogP contribution is -2.26. The van der Waals surface area contributed by atoms with Gasteiger partial charge in [0.25, 0.3) is 5.91 Å². The molecule has 1 saturated heterocycles. The van der Waals surface area contributed by atoms with Crippen molar-refractivity contribution in [3.63, 3.8) is 0 Å². The highest BCUT2D eigenvalue weighted by molar-refractivity contribution is 5.97. The second-order valence-corrected chi connectivity index (χ2v) is 6.72. The molecule has 0 atom stereocenters. The third-order valence-corrected chi connectivity index (χ3v) is 4.89. The minimum atomic E-state index is -0.271. The van der Waals surface area contributed by atoms with Crippen molar-refractivity contribution < 1.29 is 9.18 Å². The average Bonchev–Trinajstić information content (AvgIpc) is 2.81. The lowest BCUT2D eigenvalue weighted by atomic mass is 10.2. The molecular weight excluding hydrogens is 319 g/mol. The molecule has 0 spiro atoms. The molecule has 0 N–H and O–H groups in total. The van der Waals surface area contributed by atoms with E-state index in [9.17, 15) is 9.18 Å². The van der Waals surface area contributed by atoms with Crippen LogP contribution in [0.4, 0.5) is 10.3 Å². The monoisotopic (exact) mass is 340 g/mol. The molecule has 6 heteroatoms. The standard InChI is InChI=1S/C19H21FN4O/c20-15-7-5-14(6-8-15)12-24-13-17-16(18(24)25)11-21-19(22-17)23-9-3-1-2-4-10-23/h5-8,11H,1-4,9-10,12-13H2. The van der Waals surface area contributed by atoms with Crippen LogP contribution >= 0.6 is 0 Å². The van der Waals surface area contributed by atoms with Crippen LogP contribution in [0.15, 0.2) is 30.5 Å².